The molecule has 1 N–H and O–H groups in total. The monoisotopic (exact) mass is 186 g/mol. The molecule has 0 aromatic rings. The van der Waals surface area contributed by atoms with Gasteiger partial charge in [0.25, 0.3) is 0 Å². The summed E-state index contributed by atoms with van der Waals surface area (Å²) >= 11 is 0. The zero-order valence-electron chi connectivity index (χ0n) is 8.00. The highest BCUT2D eigenvalue weighted by Gasteiger charge is 2.16. The largest absolute Gasteiger partial charge is 0.466 e. The smallest absolute Gasteiger partial charge is 0.305 e. The van der Waals surface area contributed by atoms with Crippen molar-refractivity contribution in [3.05, 3.63) is 0 Å². The first-order valence-corrected chi connectivity index (χ1v) is 5.09. The molecule has 1 fully saturated rings. The summed E-state index contributed by atoms with van der Waals surface area (Å²) in [5.41, 5.74) is 0. The fraction of sp³-hybridized carbons (Fsp3) is 0.900. The second kappa shape index (κ2) is 5.97. The second-order valence-electron chi connectivity index (χ2n) is 3.63. The maximum absolute atomic E-state index is 10.9. The summed E-state index contributed by atoms with van der Waals surface area (Å²) in [6.45, 7) is 0.866. The minimum atomic E-state index is -0.0512. The van der Waals surface area contributed by atoms with Gasteiger partial charge in [-0.2, -0.15) is 0 Å². The average molecular weight is 186 g/mol. The third kappa shape index (κ3) is 4.27. The van der Waals surface area contributed by atoms with Crippen LogP contribution in [0.25, 0.3) is 0 Å². The van der Waals surface area contributed by atoms with E-state index in [2.05, 4.69) is 0 Å². The summed E-state index contributed by atoms with van der Waals surface area (Å²) in [6, 6.07) is 0. The van der Waals surface area contributed by atoms with Gasteiger partial charge >= 0.3 is 5.97 Å². The van der Waals surface area contributed by atoms with Gasteiger partial charge in [-0.3, -0.25) is 4.79 Å². The number of carbonyl (C=O) groups excluding carboxylic acids is 1. The van der Waals surface area contributed by atoms with Gasteiger partial charge in [-0.05, 0) is 25.2 Å². The Morgan fingerprint density at radius 1 is 1.38 bits per heavy atom. The summed E-state index contributed by atoms with van der Waals surface area (Å²) in [5.74, 6) is 0.572. The van der Waals surface area contributed by atoms with Gasteiger partial charge < -0.3 is 9.84 Å². The van der Waals surface area contributed by atoms with Gasteiger partial charge in [-0.1, -0.05) is 12.8 Å². The summed E-state index contributed by atoms with van der Waals surface area (Å²) in [5, 5.41) is 8.61. The van der Waals surface area contributed by atoms with E-state index in [1.165, 1.54) is 0 Å². The van der Waals surface area contributed by atoms with E-state index in [1.807, 2.05) is 0 Å². The van der Waals surface area contributed by atoms with Crippen molar-refractivity contribution < 1.29 is 14.6 Å². The zero-order chi connectivity index (χ0) is 9.52. The molecular weight excluding hydrogens is 168 g/mol. The molecule has 1 aliphatic heterocycles. The highest BCUT2D eigenvalue weighted by Crippen LogP contribution is 2.21. The van der Waals surface area contributed by atoms with E-state index in [0.29, 0.717) is 18.9 Å². The first-order valence-electron chi connectivity index (χ1n) is 5.09. The quantitative estimate of drug-likeness (QED) is 0.534. The number of ether oxygens (including phenoxy) is 1. The van der Waals surface area contributed by atoms with Gasteiger partial charge in [-0.15, -0.1) is 0 Å². The number of esters is 1. The van der Waals surface area contributed by atoms with E-state index in [-0.39, 0.29) is 12.6 Å². The van der Waals surface area contributed by atoms with Crippen molar-refractivity contribution in [3.8, 4) is 0 Å². The maximum atomic E-state index is 10.9. The van der Waals surface area contributed by atoms with E-state index >= 15 is 0 Å². The van der Waals surface area contributed by atoms with Crippen LogP contribution in [0.1, 0.15) is 38.5 Å². The summed E-state index contributed by atoms with van der Waals surface area (Å²) in [4.78, 5) is 10.9. The Balaban J connectivity index is 2.14. The third-order valence-corrected chi connectivity index (χ3v) is 2.57. The van der Waals surface area contributed by atoms with Crippen LogP contribution in [0.3, 0.4) is 0 Å². The van der Waals surface area contributed by atoms with Crippen LogP contribution in [0.2, 0.25) is 0 Å². The lowest BCUT2D eigenvalue weighted by Crippen LogP contribution is -2.01. The predicted octanol–water partition coefficient (Wildman–Crippen LogP) is 1.49. The van der Waals surface area contributed by atoms with Crippen molar-refractivity contribution >= 4 is 5.97 Å². The van der Waals surface area contributed by atoms with Crippen molar-refractivity contribution in [2.24, 2.45) is 5.92 Å². The van der Waals surface area contributed by atoms with Crippen LogP contribution in [-0.2, 0) is 9.53 Å². The molecule has 0 radical (unpaired) electrons. The van der Waals surface area contributed by atoms with E-state index < -0.39 is 0 Å². The second-order valence-corrected chi connectivity index (χ2v) is 3.63. The van der Waals surface area contributed by atoms with E-state index in [4.69, 9.17) is 9.84 Å². The number of carbonyl (C=O) groups is 1. The Labute approximate surface area is 79.1 Å². The number of unbranched alkanes of at least 4 members (excludes halogenated alkanes) is 1. The van der Waals surface area contributed by atoms with Crippen LogP contribution in [0.4, 0.5) is 0 Å². The summed E-state index contributed by atoms with van der Waals surface area (Å²) in [7, 11) is 0. The van der Waals surface area contributed by atoms with Crippen molar-refractivity contribution in [1.29, 1.82) is 0 Å². The van der Waals surface area contributed by atoms with Crippen molar-refractivity contribution in [2.45, 2.75) is 38.5 Å². The van der Waals surface area contributed by atoms with Crippen LogP contribution in [0.15, 0.2) is 0 Å². The topological polar surface area (TPSA) is 46.5 Å². The molecular formula is C10H18O3. The minimum Gasteiger partial charge on any atom is -0.466 e. The predicted molar refractivity (Wildman–Crippen MR) is 49.2 cm³/mol. The van der Waals surface area contributed by atoms with Crippen molar-refractivity contribution in [3.63, 3.8) is 0 Å². The highest BCUT2D eigenvalue weighted by molar-refractivity contribution is 5.69. The van der Waals surface area contributed by atoms with Gasteiger partial charge in [0, 0.05) is 13.0 Å². The molecule has 1 heterocycles. The zero-order valence-corrected chi connectivity index (χ0v) is 8.00. The van der Waals surface area contributed by atoms with E-state index in [0.717, 1.165) is 32.1 Å². The molecule has 0 aliphatic carbocycles. The minimum absolute atomic E-state index is 0.0512. The highest BCUT2D eigenvalue weighted by atomic mass is 16.5. The van der Waals surface area contributed by atoms with E-state index in [1.54, 1.807) is 0 Å². The lowest BCUT2D eigenvalue weighted by atomic mass is 9.94. The fourth-order valence-corrected chi connectivity index (χ4v) is 1.71. The van der Waals surface area contributed by atoms with Crippen LogP contribution in [-0.4, -0.2) is 24.3 Å². The number of aliphatic hydroxyl groups is 1. The number of aliphatic hydroxyl groups excluding tert-OH is 1. The summed E-state index contributed by atoms with van der Waals surface area (Å²) in [6.07, 6.45) is 5.60. The molecule has 0 bridgehead atoms. The first kappa shape index (κ1) is 10.5. The Kier molecular flexibility index (Phi) is 4.83. The van der Waals surface area contributed by atoms with Crippen molar-refractivity contribution in [1.82, 2.24) is 0 Å². The summed E-state index contributed by atoms with van der Waals surface area (Å²) < 4.78 is 4.95. The molecule has 0 aromatic heterocycles. The normalized spacial score (nSPS) is 23.8. The van der Waals surface area contributed by atoms with Gasteiger partial charge in [0.05, 0.1) is 6.61 Å². The van der Waals surface area contributed by atoms with Gasteiger partial charge in [0.1, 0.15) is 0 Å². The van der Waals surface area contributed by atoms with Crippen LogP contribution in [0, 0.1) is 5.92 Å². The molecule has 1 atom stereocenters. The lowest BCUT2D eigenvalue weighted by molar-refractivity contribution is -0.142. The van der Waals surface area contributed by atoms with E-state index in [9.17, 15) is 4.79 Å². The molecule has 0 aromatic carbocycles. The molecule has 3 nitrogen and oxygen atoms in total. The average Bonchev–Trinajstić information content (AvgIpc) is 2.32. The molecule has 1 aliphatic rings. The first-order chi connectivity index (χ1) is 6.33. The molecule has 0 spiro atoms. The van der Waals surface area contributed by atoms with Crippen molar-refractivity contribution in [2.75, 3.05) is 13.2 Å². The molecule has 1 rings (SSSR count). The fourth-order valence-electron chi connectivity index (χ4n) is 1.71. The molecule has 0 amide bonds. The number of rotatable bonds is 4. The maximum Gasteiger partial charge on any atom is 0.305 e. The Morgan fingerprint density at radius 3 is 3.00 bits per heavy atom. The number of hydrogen-bond acceptors (Lipinski definition) is 3. The SMILES string of the molecule is O=C1CCC(CCCCO)CCO1. The number of hydrogen-bond donors (Lipinski definition) is 1. The van der Waals surface area contributed by atoms with Crippen LogP contribution < -0.4 is 0 Å². The standard InChI is InChI=1S/C10H18O3/c11-7-2-1-3-9-4-5-10(12)13-8-6-9/h9,11H,1-8H2. The van der Waals surface area contributed by atoms with Gasteiger partial charge in [-0.25, -0.2) is 0 Å². The molecule has 1 saturated heterocycles. The Morgan fingerprint density at radius 2 is 2.23 bits per heavy atom. The Hall–Kier alpha value is -0.570. The van der Waals surface area contributed by atoms with Crippen LogP contribution in [0.5, 0.6) is 0 Å². The molecule has 13 heavy (non-hydrogen) atoms. The van der Waals surface area contributed by atoms with Gasteiger partial charge in [0.15, 0.2) is 0 Å². The molecule has 76 valence electrons. The number of cyclic esters (lactones) is 1. The Bertz CT molecular complexity index is 156. The van der Waals surface area contributed by atoms with Gasteiger partial charge in [0.2, 0.25) is 0 Å². The lowest BCUT2D eigenvalue weighted by Gasteiger charge is -2.10. The molecule has 0 saturated carbocycles. The molecule has 1 unspecified atom stereocenters. The molecule has 3 heteroatoms. The van der Waals surface area contributed by atoms with Crippen LogP contribution >= 0.6 is 0 Å². The third-order valence-electron chi connectivity index (χ3n) is 2.57.